The smallest absolute Gasteiger partial charge is 0.239 e. The van der Waals surface area contributed by atoms with E-state index in [4.69, 9.17) is 0 Å². The van der Waals surface area contributed by atoms with Crippen molar-refractivity contribution in [2.75, 3.05) is 18.9 Å². The van der Waals surface area contributed by atoms with Gasteiger partial charge in [0.05, 0.1) is 17.9 Å². The monoisotopic (exact) mass is 194 g/mol. The van der Waals surface area contributed by atoms with E-state index in [1.165, 1.54) is 0 Å². The Hall–Kier alpha value is -1.65. The molecule has 76 valence electrons. The standard InChI is InChI=1S/C9H14N4O/c1-6-4-11-7(2)9(13-6)12-5-8(14)10-3/h4H,5H2,1-3H3,(H,10,14)(H,12,13). The topological polar surface area (TPSA) is 66.9 Å². The second kappa shape index (κ2) is 4.55. The number of anilines is 1. The molecule has 0 bridgehead atoms. The maximum Gasteiger partial charge on any atom is 0.239 e. The molecule has 1 aromatic rings. The zero-order chi connectivity index (χ0) is 10.6. The largest absolute Gasteiger partial charge is 0.359 e. The number of aromatic nitrogens is 2. The van der Waals surface area contributed by atoms with Gasteiger partial charge in [0.2, 0.25) is 5.91 Å². The molecule has 5 heteroatoms. The molecule has 0 saturated heterocycles. The van der Waals surface area contributed by atoms with Crippen LogP contribution in [-0.4, -0.2) is 29.5 Å². The maximum atomic E-state index is 11.0. The molecule has 0 fully saturated rings. The molecule has 0 aliphatic rings. The van der Waals surface area contributed by atoms with Crippen molar-refractivity contribution < 1.29 is 4.79 Å². The minimum absolute atomic E-state index is 0.0762. The quantitative estimate of drug-likeness (QED) is 0.724. The molecular formula is C9H14N4O. The zero-order valence-corrected chi connectivity index (χ0v) is 8.59. The third kappa shape index (κ3) is 2.69. The Morgan fingerprint density at radius 3 is 2.86 bits per heavy atom. The van der Waals surface area contributed by atoms with Crippen LogP contribution in [0.2, 0.25) is 0 Å². The highest BCUT2D eigenvalue weighted by Gasteiger charge is 2.03. The van der Waals surface area contributed by atoms with Crippen LogP contribution in [0.25, 0.3) is 0 Å². The first-order chi connectivity index (χ1) is 6.63. The van der Waals surface area contributed by atoms with Crippen molar-refractivity contribution in [2.24, 2.45) is 0 Å². The van der Waals surface area contributed by atoms with Gasteiger partial charge in [-0.3, -0.25) is 9.78 Å². The molecule has 0 aliphatic carbocycles. The van der Waals surface area contributed by atoms with Gasteiger partial charge in [0, 0.05) is 13.2 Å². The summed E-state index contributed by atoms with van der Waals surface area (Å²) in [7, 11) is 1.60. The van der Waals surface area contributed by atoms with Gasteiger partial charge in [0.15, 0.2) is 0 Å². The van der Waals surface area contributed by atoms with Crippen molar-refractivity contribution in [3.63, 3.8) is 0 Å². The summed E-state index contributed by atoms with van der Waals surface area (Å²) in [5.41, 5.74) is 1.62. The summed E-state index contributed by atoms with van der Waals surface area (Å²) in [4.78, 5) is 19.3. The molecule has 1 rings (SSSR count). The molecule has 1 aromatic heterocycles. The summed E-state index contributed by atoms with van der Waals surface area (Å²) in [5.74, 6) is 0.585. The highest BCUT2D eigenvalue weighted by atomic mass is 16.1. The minimum Gasteiger partial charge on any atom is -0.359 e. The molecule has 0 aromatic carbocycles. The van der Waals surface area contributed by atoms with Gasteiger partial charge in [-0.2, -0.15) is 0 Å². The van der Waals surface area contributed by atoms with E-state index in [0.717, 1.165) is 11.4 Å². The molecule has 0 atom stereocenters. The van der Waals surface area contributed by atoms with Gasteiger partial charge < -0.3 is 10.6 Å². The van der Waals surface area contributed by atoms with E-state index in [1.807, 2.05) is 13.8 Å². The first-order valence-electron chi connectivity index (χ1n) is 4.38. The normalized spacial score (nSPS) is 9.64. The Kier molecular flexibility index (Phi) is 3.39. The summed E-state index contributed by atoms with van der Waals surface area (Å²) in [6.45, 7) is 3.92. The van der Waals surface area contributed by atoms with Gasteiger partial charge in [0.25, 0.3) is 0 Å². The van der Waals surface area contributed by atoms with Gasteiger partial charge in [-0.05, 0) is 13.8 Å². The molecule has 0 aliphatic heterocycles. The number of rotatable bonds is 3. The summed E-state index contributed by atoms with van der Waals surface area (Å²) < 4.78 is 0. The maximum absolute atomic E-state index is 11.0. The fourth-order valence-corrected chi connectivity index (χ4v) is 0.957. The van der Waals surface area contributed by atoms with Gasteiger partial charge in [-0.15, -0.1) is 0 Å². The third-order valence-corrected chi connectivity index (χ3v) is 1.77. The molecular weight excluding hydrogens is 180 g/mol. The van der Waals surface area contributed by atoms with Gasteiger partial charge in [-0.25, -0.2) is 4.98 Å². The van der Waals surface area contributed by atoms with Crippen LogP contribution in [0.3, 0.4) is 0 Å². The van der Waals surface area contributed by atoms with E-state index in [1.54, 1.807) is 13.2 Å². The molecule has 14 heavy (non-hydrogen) atoms. The van der Waals surface area contributed by atoms with Crippen LogP contribution < -0.4 is 10.6 Å². The number of likely N-dealkylation sites (N-methyl/N-ethyl adjacent to an activating group) is 1. The predicted octanol–water partition coefficient (Wildman–Crippen LogP) is 0.251. The van der Waals surface area contributed by atoms with Crippen molar-refractivity contribution in [3.8, 4) is 0 Å². The number of aryl methyl sites for hydroxylation is 2. The van der Waals surface area contributed by atoms with E-state index >= 15 is 0 Å². The second-order valence-corrected chi connectivity index (χ2v) is 2.97. The first-order valence-corrected chi connectivity index (χ1v) is 4.38. The highest BCUT2D eigenvalue weighted by Crippen LogP contribution is 2.07. The second-order valence-electron chi connectivity index (χ2n) is 2.97. The first kappa shape index (κ1) is 10.4. The van der Waals surface area contributed by atoms with Crippen molar-refractivity contribution in [2.45, 2.75) is 13.8 Å². The van der Waals surface area contributed by atoms with E-state index in [9.17, 15) is 4.79 Å². The van der Waals surface area contributed by atoms with Crippen molar-refractivity contribution in [1.29, 1.82) is 0 Å². The predicted molar refractivity (Wildman–Crippen MR) is 54.1 cm³/mol. The summed E-state index contributed by atoms with van der Waals surface area (Å²) in [6.07, 6.45) is 1.69. The van der Waals surface area contributed by atoms with Crippen molar-refractivity contribution >= 4 is 11.7 Å². The third-order valence-electron chi connectivity index (χ3n) is 1.77. The Morgan fingerprint density at radius 1 is 1.50 bits per heavy atom. The van der Waals surface area contributed by atoms with Crippen LogP contribution in [0.1, 0.15) is 11.4 Å². The lowest BCUT2D eigenvalue weighted by atomic mass is 10.4. The summed E-state index contributed by atoms with van der Waals surface area (Å²) in [6, 6.07) is 0. The van der Waals surface area contributed by atoms with Gasteiger partial charge in [0.1, 0.15) is 5.82 Å². The Morgan fingerprint density at radius 2 is 2.21 bits per heavy atom. The molecule has 0 spiro atoms. The molecule has 0 saturated carbocycles. The molecule has 1 heterocycles. The number of carbonyl (C=O) groups excluding carboxylic acids is 1. The van der Waals surface area contributed by atoms with E-state index in [2.05, 4.69) is 20.6 Å². The van der Waals surface area contributed by atoms with E-state index < -0.39 is 0 Å². The Bertz CT molecular complexity index is 338. The summed E-state index contributed by atoms with van der Waals surface area (Å²) in [5, 5.41) is 5.44. The number of nitrogens with zero attached hydrogens (tertiary/aromatic N) is 2. The number of hydrogen-bond acceptors (Lipinski definition) is 4. The number of nitrogens with one attached hydrogen (secondary N) is 2. The number of carbonyl (C=O) groups is 1. The Labute approximate surface area is 83.0 Å². The van der Waals surface area contributed by atoms with Gasteiger partial charge >= 0.3 is 0 Å². The lowest BCUT2D eigenvalue weighted by molar-refractivity contribution is -0.118. The van der Waals surface area contributed by atoms with E-state index in [0.29, 0.717) is 5.82 Å². The van der Waals surface area contributed by atoms with Crippen LogP contribution in [0.4, 0.5) is 5.82 Å². The lowest BCUT2D eigenvalue weighted by Crippen LogP contribution is -2.26. The SMILES string of the molecule is CNC(=O)CNc1nc(C)cnc1C. The molecule has 0 unspecified atom stereocenters. The van der Waals surface area contributed by atoms with Crippen LogP contribution in [0.15, 0.2) is 6.20 Å². The number of hydrogen-bond donors (Lipinski definition) is 2. The summed E-state index contributed by atoms with van der Waals surface area (Å²) >= 11 is 0. The fraction of sp³-hybridized carbons (Fsp3) is 0.444. The lowest BCUT2D eigenvalue weighted by Gasteiger charge is -2.07. The van der Waals surface area contributed by atoms with Crippen LogP contribution in [0, 0.1) is 13.8 Å². The van der Waals surface area contributed by atoms with Crippen LogP contribution in [0.5, 0.6) is 0 Å². The fourth-order valence-electron chi connectivity index (χ4n) is 0.957. The van der Waals surface area contributed by atoms with Gasteiger partial charge in [-0.1, -0.05) is 0 Å². The average molecular weight is 194 g/mol. The minimum atomic E-state index is -0.0762. The zero-order valence-electron chi connectivity index (χ0n) is 8.59. The van der Waals surface area contributed by atoms with Crippen molar-refractivity contribution in [1.82, 2.24) is 15.3 Å². The Balaban J connectivity index is 2.66. The highest BCUT2D eigenvalue weighted by molar-refractivity contribution is 5.80. The van der Waals surface area contributed by atoms with Crippen LogP contribution >= 0.6 is 0 Å². The van der Waals surface area contributed by atoms with E-state index in [-0.39, 0.29) is 12.5 Å². The molecule has 5 nitrogen and oxygen atoms in total. The van der Waals surface area contributed by atoms with Crippen LogP contribution in [-0.2, 0) is 4.79 Å². The average Bonchev–Trinajstić information content (AvgIpc) is 2.19. The van der Waals surface area contributed by atoms with Crippen molar-refractivity contribution in [3.05, 3.63) is 17.6 Å². The molecule has 2 N–H and O–H groups in total. The molecule has 0 radical (unpaired) electrons. The molecule has 1 amide bonds. The number of amides is 1.